The Labute approximate surface area is 158 Å². The zero-order valence-electron chi connectivity index (χ0n) is 15.6. The van der Waals surface area contributed by atoms with Crippen LogP contribution in [0.1, 0.15) is 34.0 Å². The maximum atomic E-state index is 12.7. The van der Waals surface area contributed by atoms with E-state index >= 15 is 0 Å². The normalized spacial score (nSPS) is 11.6. The molecule has 0 unspecified atom stereocenters. The van der Waals surface area contributed by atoms with Crippen molar-refractivity contribution in [3.05, 3.63) is 39.6 Å². The first kappa shape index (κ1) is 20.4. The molecule has 0 saturated heterocycles. The van der Waals surface area contributed by atoms with Gasteiger partial charge in [0, 0.05) is 22.8 Å². The molecule has 0 aliphatic rings. The van der Waals surface area contributed by atoms with Crippen molar-refractivity contribution in [3.8, 4) is 5.75 Å². The fourth-order valence-corrected chi connectivity index (χ4v) is 5.11. The standard InChI is InChI=1S/C18H24N2O4S2/c1-6-20(7-2)26(22,23)14-8-9-17(24-5)16(11-14)19-18(21)15-10-12(3)25-13(15)4/h8-11H,6-7H2,1-5H3,(H,19,21). The van der Waals surface area contributed by atoms with Crippen molar-refractivity contribution < 1.29 is 17.9 Å². The number of ether oxygens (including phenoxy) is 1. The highest BCUT2D eigenvalue weighted by Gasteiger charge is 2.23. The summed E-state index contributed by atoms with van der Waals surface area (Å²) in [6.45, 7) is 8.14. The van der Waals surface area contributed by atoms with Crippen LogP contribution in [-0.4, -0.2) is 38.8 Å². The van der Waals surface area contributed by atoms with Gasteiger partial charge >= 0.3 is 0 Å². The van der Waals surface area contributed by atoms with Gasteiger partial charge in [0.2, 0.25) is 10.0 Å². The van der Waals surface area contributed by atoms with E-state index in [1.807, 2.05) is 19.9 Å². The van der Waals surface area contributed by atoms with Gasteiger partial charge < -0.3 is 10.1 Å². The summed E-state index contributed by atoms with van der Waals surface area (Å²) >= 11 is 1.54. The second-order valence-corrected chi connectivity index (χ2v) is 9.13. The van der Waals surface area contributed by atoms with Crippen molar-refractivity contribution in [2.75, 3.05) is 25.5 Å². The number of sulfonamides is 1. The Balaban J connectivity index is 2.42. The highest BCUT2D eigenvalue weighted by Crippen LogP contribution is 2.30. The molecule has 1 amide bonds. The summed E-state index contributed by atoms with van der Waals surface area (Å²) in [5.74, 6) is 0.115. The van der Waals surface area contributed by atoms with Crippen LogP contribution in [0.25, 0.3) is 0 Å². The average Bonchev–Trinajstić information content (AvgIpc) is 2.94. The molecule has 0 radical (unpaired) electrons. The van der Waals surface area contributed by atoms with E-state index in [0.717, 1.165) is 9.75 Å². The number of methoxy groups -OCH3 is 1. The first-order valence-corrected chi connectivity index (χ1v) is 10.6. The predicted octanol–water partition coefficient (Wildman–Crippen LogP) is 3.66. The molecule has 1 aromatic carbocycles. The van der Waals surface area contributed by atoms with Gasteiger partial charge in [-0.2, -0.15) is 4.31 Å². The molecule has 0 saturated carbocycles. The fraction of sp³-hybridized carbons (Fsp3) is 0.389. The van der Waals surface area contributed by atoms with Gasteiger partial charge in [-0.15, -0.1) is 11.3 Å². The molecule has 26 heavy (non-hydrogen) atoms. The van der Waals surface area contributed by atoms with E-state index in [-0.39, 0.29) is 10.8 Å². The lowest BCUT2D eigenvalue weighted by atomic mass is 10.2. The van der Waals surface area contributed by atoms with Crippen LogP contribution >= 0.6 is 11.3 Å². The number of hydrogen-bond acceptors (Lipinski definition) is 5. The number of rotatable bonds is 7. The summed E-state index contributed by atoms with van der Waals surface area (Å²) in [6, 6.07) is 6.30. The number of carbonyl (C=O) groups is 1. The van der Waals surface area contributed by atoms with Crippen LogP contribution in [0, 0.1) is 13.8 Å². The second kappa shape index (κ2) is 8.20. The van der Waals surface area contributed by atoms with Crippen LogP contribution in [0.3, 0.4) is 0 Å². The Hall–Kier alpha value is -1.90. The van der Waals surface area contributed by atoms with E-state index in [1.165, 1.54) is 23.5 Å². The van der Waals surface area contributed by atoms with Gasteiger partial charge in [0.05, 0.1) is 23.3 Å². The third-order valence-corrected chi connectivity index (χ3v) is 7.06. The Morgan fingerprint density at radius 1 is 1.19 bits per heavy atom. The lowest BCUT2D eigenvalue weighted by molar-refractivity contribution is 0.102. The van der Waals surface area contributed by atoms with E-state index in [1.54, 1.807) is 31.3 Å². The van der Waals surface area contributed by atoms with Crippen LogP contribution in [0.15, 0.2) is 29.2 Å². The van der Waals surface area contributed by atoms with Gasteiger partial charge in [-0.25, -0.2) is 8.42 Å². The number of aryl methyl sites for hydroxylation is 2. The van der Waals surface area contributed by atoms with Crippen molar-refractivity contribution in [2.24, 2.45) is 0 Å². The second-order valence-electron chi connectivity index (χ2n) is 5.73. The number of carbonyl (C=O) groups excluding carboxylic acids is 1. The Morgan fingerprint density at radius 3 is 2.35 bits per heavy atom. The largest absolute Gasteiger partial charge is 0.495 e. The average molecular weight is 397 g/mol. The number of nitrogens with one attached hydrogen (secondary N) is 1. The minimum atomic E-state index is -3.62. The molecule has 0 aliphatic heterocycles. The number of amides is 1. The molecule has 1 N–H and O–H groups in total. The van der Waals surface area contributed by atoms with E-state index in [4.69, 9.17) is 4.74 Å². The SMILES string of the molecule is CCN(CC)S(=O)(=O)c1ccc(OC)c(NC(=O)c2cc(C)sc2C)c1. The smallest absolute Gasteiger partial charge is 0.256 e. The van der Waals surface area contributed by atoms with Crippen LogP contribution in [0.4, 0.5) is 5.69 Å². The number of anilines is 1. The van der Waals surface area contributed by atoms with Gasteiger partial charge in [-0.05, 0) is 38.1 Å². The number of hydrogen-bond donors (Lipinski definition) is 1. The Morgan fingerprint density at radius 2 is 1.85 bits per heavy atom. The first-order chi connectivity index (χ1) is 12.2. The lowest BCUT2D eigenvalue weighted by Gasteiger charge is -2.19. The van der Waals surface area contributed by atoms with E-state index < -0.39 is 10.0 Å². The first-order valence-electron chi connectivity index (χ1n) is 8.31. The molecule has 6 nitrogen and oxygen atoms in total. The van der Waals surface area contributed by atoms with Gasteiger partial charge in [-0.1, -0.05) is 13.8 Å². The minimum Gasteiger partial charge on any atom is -0.495 e. The molecule has 0 spiro atoms. The van der Waals surface area contributed by atoms with Crippen molar-refractivity contribution in [2.45, 2.75) is 32.6 Å². The van der Waals surface area contributed by atoms with Crippen molar-refractivity contribution >= 4 is 33.0 Å². The third-order valence-electron chi connectivity index (χ3n) is 4.05. The molecule has 142 valence electrons. The topological polar surface area (TPSA) is 75.7 Å². The molecule has 1 aromatic heterocycles. The molecule has 0 bridgehead atoms. The van der Waals surface area contributed by atoms with Gasteiger partial charge in [-0.3, -0.25) is 4.79 Å². The zero-order chi connectivity index (χ0) is 19.5. The Kier molecular flexibility index (Phi) is 6.44. The number of benzene rings is 1. The van der Waals surface area contributed by atoms with Crippen LogP contribution in [0.5, 0.6) is 5.75 Å². The quantitative estimate of drug-likeness (QED) is 0.775. The molecular formula is C18H24N2O4S2. The summed E-state index contributed by atoms with van der Waals surface area (Å²) in [6.07, 6.45) is 0. The lowest BCUT2D eigenvalue weighted by Crippen LogP contribution is -2.30. The number of thiophene rings is 1. The monoisotopic (exact) mass is 396 g/mol. The summed E-state index contributed by atoms with van der Waals surface area (Å²) in [5.41, 5.74) is 0.903. The van der Waals surface area contributed by atoms with Gasteiger partial charge in [0.15, 0.2) is 0 Å². The predicted molar refractivity (Wildman–Crippen MR) is 105 cm³/mol. The molecule has 0 aliphatic carbocycles. The summed E-state index contributed by atoms with van der Waals surface area (Å²) in [7, 11) is -2.15. The molecule has 0 atom stereocenters. The maximum absolute atomic E-state index is 12.7. The maximum Gasteiger partial charge on any atom is 0.256 e. The van der Waals surface area contributed by atoms with Crippen molar-refractivity contribution in [3.63, 3.8) is 0 Å². The molecule has 8 heteroatoms. The third kappa shape index (κ3) is 4.08. The number of nitrogens with zero attached hydrogens (tertiary/aromatic N) is 1. The molecule has 2 rings (SSSR count). The summed E-state index contributed by atoms with van der Waals surface area (Å²) < 4.78 is 32.1. The summed E-state index contributed by atoms with van der Waals surface area (Å²) in [5, 5.41) is 2.78. The van der Waals surface area contributed by atoms with Crippen molar-refractivity contribution in [1.82, 2.24) is 4.31 Å². The van der Waals surface area contributed by atoms with Gasteiger partial charge in [0.25, 0.3) is 5.91 Å². The Bertz CT molecular complexity index is 900. The van der Waals surface area contributed by atoms with E-state index in [9.17, 15) is 13.2 Å². The molecule has 0 fully saturated rings. The molecular weight excluding hydrogens is 372 g/mol. The summed E-state index contributed by atoms with van der Waals surface area (Å²) in [4.78, 5) is 14.7. The van der Waals surface area contributed by atoms with Crippen LogP contribution in [0.2, 0.25) is 0 Å². The zero-order valence-corrected chi connectivity index (χ0v) is 17.3. The molecule has 1 heterocycles. The van der Waals surface area contributed by atoms with E-state index in [0.29, 0.717) is 30.1 Å². The highest BCUT2D eigenvalue weighted by molar-refractivity contribution is 7.89. The highest BCUT2D eigenvalue weighted by atomic mass is 32.2. The van der Waals surface area contributed by atoms with Crippen LogP contribution < -0.4 is 10.1 Å². The fourth-order valence-electron chi connectivity index (χ4n) is 2.70. The van der Waals surface area contributed by atoms with Gasteiger partial charge in [0.1, 0.15) is 5.75 Å². The van der Waals surface area contributed by atoms with E-state index in [2.05, 4.69) is 5.32 Å². The minimum absolute atomic E-state index is 0.121. The van der Waals surface area contributed by atoms with Crippen LogP contribution in [-0.2, 0) is 10.0 Å². The molecule has 2 aromatic rings. The van der Waals surface area contributed by atoms with Crippen molar-refractivity contribution in [1.29, 1.82) is 0 Å².